The summed E-state index contributed by atoms with van der Waals surface area (Å²) in [5.41, 5.74) is 0.732. The van der Waals surface area contributed by atoms with Gasteiger partial charge in [0.05, 0.1) is 30.7 Å². The van der Waals surface area contributed by atoms with Gasteiger partial charge in [0.15, 0.2) is 5.82 Å². The molecule has 2 aliphatic rings. The minimum atomic E-state index is -0.448. The standard InChI is InChI=1S/C16H17FN4O2S/c17-13-5-18-16(19-6-13)21-8-12-7-20(2-3-23-14(12)9-21)15(22)11-1-4-24-10-11/h1,4-6,10,12,14H,2-3,7-9H2/t12-,14+/m1/s1. The van der Waals surface area contributed by atoms with Gasteiger partial charge in [0.1, 0.15) is 0 Å². The molecule has 4 heterocycles. The monoisotopic (exact) mass is 348 g/mol. The molecule has 2 aromatic rings. The highest BCUT2D eigenvalue weighted by atomic mass is 32.1. The summed E-state index contributed by atoms with van der Waals surface area (Å²) in [6.07, 6.45) is 2.38. The molecule has 0 aliphatic carbocycles. The van der Waals surface area contributed by atoms with Crippen LogP contribution in [-0.4, -0.2) is 59.7 Å². The summed E-state index contributed by atoms with van der Waals surface area (Å²) >= 11 is 1.52. The molecule has 24 heavy (non-hydrogen) atoms. The summed E-state index contributed by atoms with van der Waals surface area (Å²) in [4.78, 5) is 24.5. The minimum absolute atomic E-state index is 0.0407. The molecule has 2 aliphatic heterocycles. The second kappa shape index (κ2) is 6.45. The lowest BCUT2D eigenvalue weighted by molar-refractivity contribution is 0.0569. The summed E-state index contributed by atoms with van der Waals surface area (Å²) in [6.45, 7) is 3.14. The first-order chi connectivity index (χ1) is 11.7. The Bertz CT molecular complexity index is 709. The highest BCUT2D eigenvalue weighted by Gasteiger charge is 2.38. The van der Waals surface area contributed by atoms with Crippen molar-refractivity contribution in [1.82, 2.24) is 14.9 Å². The number of fused-ring (bicyclic) bond motifs is 1. The molecule has 1 amide bonds. The zero-order valence-corrected chi connectivity index (χ0v) is 13.8. The fourth-order valence-electron chi connectivity index (χ4n) is 3.28. The van der Waals surface area contributed by atoms with Gasteiger partial charge in [0.2, 0.25) is 5.95 Å². The number of thiophene rings is 1. The third-order valence-corrected chi connectivity index (χ3v) is 5.16. The molecule has 0 N–H and O–H groups in total. The Balaban J connectivity index is 1.47. The molecule has 0 aromatic carbocycles. The SMILES string of the molecule is O=C(c1ccsc1)N1CCO[C@H]2CN(c3ncc(F)cn3)C[C@H]2C1. The Morgan fingerprint density at radius 3 is 2.88 bits per heavy atom. The topological polar surface area (TPSA) is 58.6 Å². The van der Waals surface area contributed by atoms with E-state index in [0.29, 0.717) is 38.7 Å². The first-order valence-electron chi connectivity index (χ1n) is 7.86. The van der Waals surface area contributed by atoms with E-state index >= 15 is 0 Å². The highest BCUT2D eigenvalue weighted by Crippen LogP contribution is 2.27. The van der Waals surface area contributed by atoms with Crippen LogP contribution in [0.2, 0.25) is 0 Å². The number of amides is 1. The number of halogens is 1. The minimum Gasteiger partial charge on any atom is -0.374 e. The maximum Gasteiger partial charge on any atom is 0.254 e. The number of ether oxygens (including phenoxy) is 1. The molecule has 126 valence electrons. The van der Waals surface area contributed by atoms with Crippen molar-refractivity contribution in [3.63, 3.8) is 0 Å². The highest BCUT2D eigenvalue weighted by molar-refractivity contribution is 7.08. The molecular formula is C16H17FN4O2S. The first kappa shape index (κ1) is 15.5. The predicted octanol–water partition coefficient (Wildman–Crippen LogP) is 1.65. The van der Waals surface area contributed by atoms with Gasteiger partial charge in [-0.25, -0.2) is 14.4 Å². The number of hydrogen-bond donors (Lipinski definition) is 0. The van der Waals surface area contributed by atoms with Gasteiger partial charge in [-0.05, 0) is 11.4 Å². The molecule has 2 atom stereocenters. The third-order valence-electron chi connectivity index (χ3n) is 4.47. The lowest BCUT2D eigenvalue weighted by atomic mass is 10.1. The van der Waals surface area contributed by atoms with Crippen LogP contribution in [0.4, 0.5) is 10.3 Å². The van der Waals surface area contributed by atoms with E-state index in [2.05, 4.69) is 9.97 Å². The van der Waals surface area contributed by atoms with Crippen molar-refractivity contribution in [3.05, 3.63) is 40.6 Å². The van der Waals surface area contributed by atoms with Crippen LogP contribution < -0.4 is 4.90 Å². The molecule has 2 aromatic heterocycles. The van der Waals surface area contributed by atoms with Crippen molar-refractivity contribution < 1.29 is 13.9 Å². The maximum absolute atomic E-state index is 13.0. The Labute approximate surface area is 142 Å². The van der Waals surface area contributed by atoms with Crippen molar-refractivity contribution in [2.75, 3.05) is 37.7 Å². The van der Waals surface area contributed by atoms with Gasteiger partial charge in [-0.2, -0.15) is 11.3 Å². The molecule has 6 nitrogen and oxygen atoms in total. The van der Waals surface area contributed by atoms with E-state index in [0.717, 1.165) is 5.56 Å². The Kier molecular flexibility index (Phi) is 4.15. The van der Waals surface area contributed by atoms with E-state index in [1.165, 1.54) is 23.7 Å². The van der Waals surface area contributed by atoms with E-state index in [4.69, 9.17) is 4.74 Å². The largest absolute Gasteiger partial charge is 0.374 e. The van der Waals surface area contributed by atoms with Crippen LogP contribution >= 0.6 is 11.3 Å². The predicted molar refractivity (Wildman–Crippen MR) is 87.7 cm³/mol. The summed E-state index contributed by atoms with van der Waals surface area (Å²) in [5.74, 6) is 0.306. The quantitative estimate of drug-likeness (QED) is 0.826. The van der Waals surface area contributed by atoms with Crippen LogP contribution in [-0.2, 0) is 4.74 Å². The molecule has 0 spiro atoms. The van der Waals surface area contributed by atoms with Crippen molar-refractivity contribution in [3.8, 4) is 0 Å². The van der Waals surface area contributed by atoms with Gasteiger partial charge in [-0.1, -0.05) is 0 Å². The Morgan fingerprint density at radius 1 is 1.29 bits per heavy atom. The fraction of sp³-hybridized carbons (Fsp3) is 0.438. The maximum atomic E-state index is 13.0. The van der Waals surface area contributed by atoms with Crippen molar-refractivity contribution in [2.24, 2.45) is 5.92 Å². The molecule has 0 radical (unpaired) electrons. The summed E-state index contributed by atoms with van der Waals surface area (Å²) in [7, 11) is 0. The van der Waals surface area contributed by atoms with Gasteiger partial charge in [0, 0.05) is 37.5 Å². The fourth-order valence-corrected chi connectivity index (χ4v) is 3.91. The number of carbonyl (C=O) groups is 1. The third kappa shape index (κ3) is 2.99. The van der Waals surface area contributed by atoms with Gasteiger partial charge in [0.25, 0.3) is 5.91 Å². The van der Waals surface area contributed by atoms with Crippen molar-refractivity contribution >= 4 is 23.2 Å². The number of carbonyl (C=O) groups excluding carboxylic acids is 1. The number of aromatic nitrogens is 2. The second-order valence-corrected chi connectivity index (χ2v) is 6.82. The van der Waals surface area contributed by atoms with E-state index in [1.54, 1.807) is 0 Å². The molecular weight excluding hydrogens is 331 g/mol. The van der Waals surface area contributed by atoms with Gasteiger partial charge >= 0.3 is 0 Å². The molecule has 4 rings (SSSR count). The number of nitrogens with zero attached hydrogens (tertiary/aromatic N) is 4. The van der Waals surface area contributed by atoms with Crippen LogP contribution in [0.25, 0.3) is 0 Å². The van der Waals surface area contributed by atoms with Gasteiger partial charge in [-0.15, -0.1) is 0 Å². The second-order valence-electron chi connectivity index (χ2n) is 6.04. The molecule has 8 heteroatoms. The smallest absolute Gasteiger partial charge is 0.254 e. The van der Waals surface area contributed by atoms with Crippen molar-refractivity contribution in [1.29, 1.82) is 0 Å². The summed E-state index contributed by atoms with van der Waals surface area (Å²) in [6, 6.07) is 1.85. The van der Waals surface area contributed by atoms with Crippen LogP contribution in [0.1, 0.15) is 10.4 Å². The number of rotatable bonds is 2. The van der Waals surface area contributed by atoms with Crippen LogP contribution in [0.3, 0.4) is 0 Å². The zero-order valence-electron chi connectivity index (χ0n) is 13.0. The van der Waals surface area contributed by atoms with E-state index in [9.17, 15) is 9.18 Å². The molecule has 0 saturated carbocycles. The first-order valence-corrected chi connectivity index (χ1v) is 8.80. The molecule has 0 unspecified atom stereocenters. The normalized spacial score (nSPS) is 23.9. The van der Waals surface area contributed by atoms with Crippen molar-refractivity contribution in [2.45, 2.75) is 6.10 Å². The van der Waals surface area contributed by atoms with Gasteiger partial charge < -0.3 is 14.5 Å². The van der Waals surface area contributed by atoms with Gasteiger partial charge in [-0.3, -0.25) is 4.79 Å². The van der Waals surface area contributed by atoms with E-state index < -0.39 is 5.82 Å². The number of hydrogen-bond acceptors (Lipinski definition) is 6. The molecule has 0 bridgehead atoms. The molecule has 2 fully saturated rings. The zero-order chi connectivity index (χ0) is 16.5. The lowest BCUT2D eigenvalue weighted by Gasteiger charge is -2.23. The summed E-state index contributed by atoms with van der Waals surface area (Å²) < 4.78 is 18.9. The lowest BCUT2D eigenvalue weighted by Crippen LogP contribution is -2.37. The van der Waals surface area contributed by atoms with Crippen LogP contribution in [0.5, 0.6) is 0 Å². The molecule has 2 saturated heterocycles. The van der Waals surface area contributed by atoms with E-state index in [1.807, 2.05) is 26.6 Å². The van der Waals surface area contributed by atoms with E-state index in [-0.39, 0.29) is 17.9 Å². The van der Waals surface area contributed by atoms with Crippen LogP contribution in [0, 0.1) is 11.7 Å². The van der Waals surface area contributed by atoms with Crippen LogP contribution in [0.15, 0.2) is 29.2 Å². The Morgan fingerprint density at radius 2 is 2.12 bits per heavy atom. The summed E-state index contributed by atoms with van der Waals surface area (Å²) in [5, 5.41) is 3.78. The average molecular weight is 348 g/mol. The Hall–Kier alpha value is -2.06. The average Bonchev–Trinajstić information content (AvgIpc) is 3.21. The number of anilines is 1.